The van der Waals surface area contributed by atoms with Gasteiger partial charge in [-0.25, -0.2) is 5.53 Å². The van der Waals surface area contributed by atoms with Crippen molar-refractivity contribution in [1.29, 1.82) is 5.53 Å². The zero-order valence-corrected chi connectivity index (χ0v) is 6.31. The van der Waals surface area contributed by atoms with Gasteiger partial charge in [0, 0.05) is 6.54 Å². The van der Waals surface area contributed by atoms with Gasteiger partial charge in [0.25, 0.3) is 0 Å². The zero-order chi connectivity index (χ0) is 7.61. The minimum absolute atomic E-state index is 0.448. The second-order valence-corrected chi connectivity index (χ2v) is 2.83. The van der Waals surface area contributed by atoms with E-state index in [0.29, 0.717) is 0 Å². The predicted octanol–water partition coefficient (Wildman–Crippen LogP) is 0.798. The maximum Gasteiger partial charge on any atom is 0.132 e. The van der Waals surface area contributed by atoms with E-state index in [4.69, 9.17) is 5.53 Å². The summed E-state index contributed by atoms with van der Waals surface area (Å²) < 4.78 is 0. The van der Waals surface area contributed by atoms with Crippen LogP contribution >= 0.6 is 0 Å². The monoisotopic (exact) mass is 140 g/mol. The lowest BCUT2D eigenvalue weighted by molar-refractivity contribution is 0.623. The van der Waals surface area contributed by atoms with Gasteiger partial charge in [-0.1, -0.05) is 0 Å². The fraction of sp³-hybridized carbons (Fsp3) is 0.833. The maximum absolute atomic E-state index is 6.87. The molecule has 1 rings (SSSR count). The lowest BCUT2D eigenvalue weighted by Crippen LogP contribution is -2.37. The predicted molar refractivity (Wildman–Crippen MR) is 39.5 cm³/mol. The Labute approximate surface area is 60.2 Å². The fourth-order valence-electron chi connectivity index (χ4n) is 0.861. The number of hydrogen-bond acceptors (Lipinski definition) is 4. The van der Waals surface area contributed by atoms with Crippen molar-refractivity contribution in [2.75, 3.05) is 13.1 Å². The largest absolute Gasteiger partial charge is 0.370 e. The molecule has 1 aliphatic heterocycles. The first-order chi connectivity index (χ1) is 4.67. The fourth-order valence-corrected chi connectivity index (χ4v) is 0.861. The van der Waals surface area contributed by atoms with Crippen LogP contribution in [0.4, 0.5) is 0 Å². The molecule has 0 spiro atoms. The molecule has 1 heterocycles. The van der Waals surface area contributed by atoms with Crippen molar-refractivity contribution < 1.29 is 0 Å². The minimum atomic E-state index is -0.448. The molecule has 0 fully saturated rings. The highest BCUT2D eigenvalue weighted by Gasteiger charge is 2.25. The van der Waals surface area contributed by atoms with Crippen molar-refractivity contribution in [1.82, 2.24) is 5.32 Å². The van der Waals surface area contributed by atoms with Gasteiger partial charge in [0.05, 0.1) is 6.54 Å². The van der Waals surface area contributed by atoms with Gasteiger partial charge in [-0.3, -0.25) is 4.99 Å². The third-order valence-electron chi connectivity index (χ3n) is 1.53. The third kappa shape index (κ3) is 1.15. The summed E-state index contributed by atoms with van der Waals surface area (Å²) in [6.07, 6.45) is 0. The van der Waals surface area contributed by atoms with E-state index in [2.05, 4.69) is 15.4 Å². The summed E-state index contributed by atoms with van der Waals surface area (Å²) in [5.74, 6) is 0.836. The molecule has 0 radical (unpaired) electrons. The molecule has 0 aromatic rings. The van der Waals surface area contributed by atoms with Gasteiger partial charge in [0.1, 0.15) is 11.4 Å². The van der Waals surface area contributed by atoms with E-state index in [1.54, 1.807) is 0 Å². The van der Waals surface area contributed by atoms with Gasteiger partial charge in [-0.05, 0) is 13.8 Å². The van der Waals surface area contributed by atoms with Crippen LogP contribution in [0.2, 0.25) is 0 Å². The number of amidine groups is 1. The maximum atomic E-state index is 6.87. The van der Waals surface area contributed by atoms with E-state index in [0.717, 1.165) is 18.9 Å². The van der Waals surface area contributed by atoms with Gasteiger partial charge < -0.3 is 5.32 Å². The Bertz CT molecular complexity index is 171. The molecule has 0 bridgehead atoms. The number of aliphatic imine (C=N–C) groups is 1. The third-order valence-corrected chi connectivity index (χ3v) is 1.53. The highest BCUT2D eigenvalue weighted by atomic mass is 15.2. The Kier molecular flexibility index (Phi) is 1.70. The Morgan fingerprint density at radius 3 is 2.80 bits per heavy atom. The molecular weight excluding hydrogens is 128 g/mol. The lowest BCUT2D eigenvalue weighted by atomic mass is 10.1. The Hall–Kier alpha value is -0.930. The van der Waals surface area contributed by atoms with Crippen molar-refractivity contribution in [2.45, 2.75) is 19.4 Å². The second kappa shape index (κ2) is 2.36. The summed E-state index contributed by atoms with van der Waals surface area (Å²) in [5.41, 5.74) is 6.43. The summed E-state index contributed by atoms with van der Waals surface area (Å²) in [5, 5.41) is 6.54. The molecular formula is C6H12N4. The van der Waals surface area contributed by atoms with Crippen LogP contribution in [0, 0.1) is 5.53 Å². The molecule has 1 aliphatic rings. The Balaban J connectivity index is 2.71. The van der Waals surface area contributed by atoms with Crippen LogP contribution < -0.4 is 5.32 Å². The van der Waals surface area contributed by atoms with E-state index >= 15 is 0 Å². The van der Waals surface area contributed by atoms with E-state index < -0.39 is 5.54 Å². The standard InChI is InChI=1S/C6H12N4/c1-6(2,10-7)5-8-3-4-9-5/h7H,3-4H2,1-2H3,(H,8,9). The summed E-state index contributed by atoms with van der Waals surface area (Å²) in [6.45, 7) is 5.44. The molecule has 0 saturated heterocycles. The number of hydrogen-bond donors (Lipinski definition) is 2. The van der Waals surface area contributed by atoms with Crippen LogP contribution in [0.15, 0.2) is 10.1 Å². The van der Waals surface area contributed by atoms with Gasteiger partial charge >= 0.3 is 0 Å². The first-order valence-electron chi connectivity index (χ1n) is 3.34. The summed E-state index contributed by atoms with van der Waals surface area (Å²) in [6, 6.07) is 0. The molecule has 10 heavy (non-hydrogen) atoms. The molecule has 4 heteroatoms. The van der Waals surface area contributed by atoms with Crippen LogP contribution in [-0.4, -0.2) is 24.5 Å². The van der Waals surface area contributed by atoms with Crippen LogP contribution in [0.3, 0.4) is 0 Å². The quantitative estimate of drug-likeness (QED) is 0.547. The average Bonchev–Trinajstić information content (AvgIpc) is 2.38. The van der Waals surface area contributed by atoms with E-state index in [9.17, 15) is 0 Å². The topological polar surface area (TPSA) is 60.6 Å². The molecule has 0 aromatic carbocycles. The van der Waals surface area contributed by atoms with E-state index in [-0.39, 0.29) is 0 Å². The van der Waals surface area contributed by atoms with Crippen molar-refractivity contribution in [3.05, 3.63) is 0 Å². The number of rotatable bonds is 2. The lowest BCUT2D eigenvalue weighted by Gasteiger charge is -2.16. The first kappa shape index (κ1) is 7.18. The molecule has 0 saturated carbocycles. The molecule has 4 nitrogen and oxygen atoms in total. The summed E-state index contributed by atoms with van der Waals surface area (Å²) >= 11 is 0. The van der Waals surface area contributed by atoms with Gasteiger partial charge in [-0.15, -0.1) is 0 Å². The van der Waals surface area contributed by atoms with Crippen LogP contribution in [0.25, 0.3) is 0 Å². The SMILES string of the molecule is CC(C)(N=N)C1=NCCN1. The summed E-state index contributed by atoms with van der Waals surface area (Å²) in [4.78, 5) is 4.17. The minimum Gasteiger partial charge on any atom is -0.370 e. The van der Waals surface area contributed by atoms with E-state index in [1.807, 2.05) is 13.8 Å². The summed E-state index contributed by atoms with van der Waals surface area (Å²) in [7, 11) is 0. The smallest absolute Gasteiger partial charge is 0.132 e. The van der Waals surface area contributed by atoms with E-state index in [1.165, 1.54) is 0 Å². The molecule has 56 valence electrons. The second-order valence-electron chi connectivity index (χ2n) is 2.83. The van der Waals surface area contributed by atoms with Crippen molar-refractivity contribution >= 4 is 5.84 Å². The molecule has 0 amide bonds. The molecule has 0 atom stereocenters. The van der Waals surface area contributed by atoms with Gasteiger partial charge in [0.2, 0.25) is 0 Å². The van der Waals surface area contributed by atoms with Crippen molar-refractivity contribution in [3.63, 3.8) is 0 Å². The highest BCUT2D eigenvalue weighted by molar-refractivity contribution is 5.91. The normalized spacial score (nSPS) is 18.0. The van der Waals surface area contributed by atoms with Crippen molar-refractivity contribution in [2.24, 2.45) is 10.1 Å². The molecule has 0 aromatic heterocycles. The average molecular weight is 140 g/mol. The van der Waals surface area contributed by atoms with Crippen molar-refractivity contribution in [3.8, 4) is 0 Å². The zero-order valence-electron chi connectivity index (χ0n) is 6.31. The molecule has 0 aliphatic carbocycles. The Morgan fingerprint density at radius 1 is 1.70 bits per heavy atom. The Morgan fingerprint density at radius 2 is 2.40 bits per heavy atom. The van der Waals surface area contributed by atoms with Gasteiger partial charge in [-0.2, -0.15) is 5.11 Å². The van der Waals surface area contributed by atoms with Gasteiger partial charge in [0.15, 0.2) is 0 Å². The van der Waals surface area contributed by atoms with Crippen LogP contribution in [0.5, 0.6) is 0 Å². The van der Waals surface area contributed by atoms with Crippen LogP contribution in [-0.2, 0) is 0 Å². The molecule has 2 N–H and O–H groups in total. The molecule has 0 unspecified atom stereocenters. The highest BCUT2D eigenvalue weighted by Crippen LogP contribution is 2.11. The number of nitrogens with zero attached hydrogens (tertiary/aromatic N) is 2. The number of nitrogens with one attached hydrogen (secondary N) is 2. The first-order valence-corrected chi connectivity index (χ1v) is 3.34. The van der Waals surface area contributed by atoms with Crippen LogP contribution in [0.1, 0.15) is 13.8 Å².